The summed E-state index contributed by atoms with van der Waals surface area (Å²) in [7, 11) is -2.22. The fraction of sp³-hybridized carbons (Fsp3) is 0.182. The van der Waals surface area contributed by atoms with Crippen molar-refractivity contribution in [3.05, 3.63) is 35.8 Å². The smallest absolute Gasteiger partial charge is 0.238 e. The van der Waals surface area contributed by atoms with Crippen molar-refractivity contribution in [3.63, 3.8) is 0 Å². The Bertz CT molecular complexity index is 741. The minimum atomic E-state index is -3.91. The van der Waals surface area contributed by atoms with Crippen LogP contribution in [0.25, 0.3) is 0 Å². The predicted molar refractivity (Wildman–Crippen MR) is 72.7 cm³/mol. The van der Waals surface area contributed by atoms with Crippen LogP contribution < -0.4 is 16.2 Å². The van der Waals surface area contributed by atoms with Crippen LogP contribution in [0.1, 0.15) is 5.56 Å². The van der Waals surface area contributed by atoms with E-state index in [1.54, 1.807) is 13.2 Å². The third-order valence-corrected chi connectivity index (χ3v) is 3.71. The molecular formula is C11H14FN5O2S. The lowest BCUT2D eigenvalue weighted by atomic mass is 10.2. The first-order chi connectivity index (χ1) is 9.29. The molecule has 0 saturated heterocycles. The quantitative estimate of drug-likeness (QED) is 0.755. The Hall–Kier alpha value is -2.13. The van der Waals surface area contributed by atoms with Gasteiger partial charge in [0, 0.05) is 19.2 Å². The molecule has 0 atom stereocenters. The molecule has 0 amide bonds. The van der Waals surface area contributed by atoms with Crippen molar-refractivity contribution in [2.75, 3.05) is 11.1 Å². The number of sulfonamides is 1. The van der Waals surface area contributed by atoms with Gasteiger partial charge in [-0.05, 0) is 18.2 Å². The van der Waals surface area contributed by atoms with Crippen LogP contribution in [-0.4, -0.2) is 18.2 Å². The Morgan fingerprint density at radius 3 is 2.65 bits per heavy atom. The van der Waals surface area contributed by atoms with Gasteiger partial charge >= 0.3 is 0 Å². The van der Waals surface area contributed by atoms with Crippen molar-refractivity contribution in [2.45, 2.75) is 11.4 Å². The van der Waals surface area contributed by atoms with E-state index < -0.39 is 15.8 Å². The maximum absolute atomic E-state index is 13.8. The van der Waals surface area contributed by atoms with Crippen molar-refractivity contribution in [2.24, 2.45) is 12.2 Å². The average molecular weight is 299 g/mol. The molecular weight excluding hydrogens is 285 g/mol. The monoisotopic (exact) mass is 299 g/mol. The number of aryl methyl sites for hydroxylation is 1. The average Bonchev–Trinajstić information content (AvgIpc) is 2.67. The zero-order chi connectivity index (χ0) is 14.9. The molecule has 0 fully saturated rings. The molecule has 0 unspecified atom stereocenters. The van der Waals surface area contributed by atoms with Gasteiger partial charge < -0.3 is 11.1 Å². The van der Waals surface area contributed by atoms with Gasteiger partial charge in [0.2, 0.25) is 10.0 Å². The topological polar surface area (TPSA) is 116 Å². The van der Waals surface area contributed by atoms with Gasteiger partial charge in [-0.3, -0.25) is 4.68 Å². The van der Waals surface area contributed by atoms with Crippen LogP contribution in [0.5, 0.6) is 0 Å². The summed E-state index contributed by atoms with van der Waals surface area (Å²) in [6.45, 7) is 0.269. The second-order valence-corrected chi connectivity index (χ2v) is 5.78. The molecule has 108 valence electrons. The molecule has 2 aromatic rings. The molecule has 1 heterocycles. The van der Waals surface area contributed by atoms with Crippen LogP contribution in [0.2, 0.25) is 0 Å². The lowest BCUT2D eigenvalue weighted by molar-refractivity contribution is 0.593. The summed E-state index contributed by atoms with van der Waals surface area (Å²) in [5, 5.41) is 11.7. The van der Waals surface area contributed by atoms with Gasteiger partial charge in [0.05, 0.1) is 16.8 Å². The van der Waals surface area contributed by atoms with E-state index in [9.17, 15) is 12.8 Å². The molecule has 0 saturated carbocycles. The number of anilines is 2. The van der Waals surface area contributed by atoms with Crippen LogP contribution in [-0.2, 0) is 23.6 Å². The fourth-order valence-corrected chi connectivity index (χ4v) is 2.16. The highest BCUT2D eigenvalue weighted by Crippen LogP contribution is 2.20. The first-order valence-corrected chi connectivity index (χ1v) is 7.16. The van der Waals surface area contributed by atoms with Crippen molar-refractivity contribution >= 4 is 21.5 Å². The van der Waals surface area contributed by atoms with Crippen LogP contribution in [0.15, 0.2) is 29.3 Å². The Kier molecular flexibility index (Phi) is 3.64. The zero-order valence-corrected chi connectivity index (χ0v) is 11.5. The number of benzene rings is 1. The van der Waals surface area contributed by atoms with Crippen LogP contribution >= 0.6 is 0 Å². The molecule has 0 aliphatic carbocycles. The summed E-state index contributed by atoms with van der Waals surface area (Å²) in [5.74, 6) is -0.238. The molecule has 0 radical (unpaired) electrons. The number of hydrogen-bond donors (Lipinski definition) is 3. The zero-order valence-electron chi connectivity index (χ0n) is 10.7. The predicted octanol–water partition coefficient (Wildman–Crippen LogP) is 0.401. The lowest BCUT2D eigenvalue weighted by Crippen LogP contribution is -2.13. The van der Waals surface area contributed by atoms with Crippen LogP contribution in [0, 0.1) is 5.82 Å². The maximum atomic E-state index is 13.8. The van der Waals surface area contributed by atoms with E-state index in [2.05, 4.69) is 10.4 Å². The van der Waals surface area contributed by atoms with E-state index in [1.807, 2.05) is 0 Å². The third-order valence-electron chi connectivity index (χ3n) is 2.80. The number of primary sulfonamides is 1. The van der Waals surface area contributed by atoms with Gasteiger partial charge in [-0.25, -0.2) is 17.9 Å². The molecule has 5 N–H and O–H groups in total. The maximum Gasteiger partial charge on any atom is 0.238 e. The first kappa shape index (κ1) is 14.3. The summed E-state index contributed by atoms with van der Waals surface area (Å²) in [4.78, 5) is -0.276. The number of nitrogens with zero attached hydrogens (tertiary/aromatic N) is 2. The molecule has 0 aliphatic heterocycles. The second kappa shape index (κ2) is 5.10. The van der Waals surface area contributed by atoms with Gasteiger partial charge in [0.25, 0.3) is 0 Å². The van der Waals surface area contributed by atoms with E-state index in [0.29, 0.717) is 11.4 Å². The molecule has 1 aromatic carbocycles. The number of nitrogen functional groups attached to an aromatic ring is 1. The van der Waals surface area contributed by atoms with Crippen molar-refractivity contribution < 1.29 is 12.8 Å². The first-order valence-electron chi connectivity index (χ1n) is 5.61. The highest BCUT2D eigenvalue weighted by atomic mass is 32.2. The van der Waals surface area contributed by atoms with Gasteiger partial charge in [0.1, 0.15) is 11.6 Å². The third kappa shape index (κ3) is 2.89. The molecule has 7 nitrogen and oxygen atoms in total. The fourth-order valence-electron chi connectivity index (χ4n) is 1.64. The SMILES string of the molecule is Cn1ncc(CNc2ccc(S(N)(=O)=O)cc2F)c1N. The summed E-state index contributed by atoms with van der Waals surface area (Å²) in [5.41, 5.74) is 6.62. The number of hydrogen-bond acceptors (Lipinski definition) is 5. The standard InChI is InChI=1S/C11H14FN5O2S/c1-17-11(13)7(6-16-17)5-15-10-3-2-8(4-9(10)12)20(14,18)19/h2-4,6,15H,5,13H2,1H3,(H2,14,18,19). The van der Waals surface area contributed by atoms with Crippen LogP contribution in [0.3, 0.4) is 0 Å². The summed E-state index contributed by atoms with van der Waals surface area (Å²) < 4.78 is 37.4. The minimum Gasteiger partial charge on any atom is -0.384 e. The largest absolute Gasteiger partial charge is 0.384 e. The van der Waals surface area contributed by atoms with E-state index in [-0.39, 0.29) is 17.1 Å². The Morgan fingerprint density at radius 2 is 2.15 bits per heavy atom. The molecule has 0 spiro atoms. The number of aromatic nitrogens is 2. The molecule has 0 aliphatic rings. The Morgan fingerprint density at radius 1 is 1.45 bits per heavy atom. The van der Waals surface area contributed by atoms with Gasteiger partial charge in [-0.15, -0.1) is 0 Å². The van der Waals surface area contributed by atoms with E-state index in [4.69, 9.17) is 10.9 Å². The van der Waals surface area contributed by atoms with Crippen molar-refractivity contribution in [1.29, 1.82) is 0 Å². The van der Waals surface area contributed by atoms with Gasteiger partial charge in [0.15, 0.2) is 0 Å². The number of nitrogens with one attached hydrogen (secondary N) is 1. The number of rotatable bonds is 4. The highest BCUT2D eigenvalue weighted by Gasteiger charge is 2.12. The second-order valence-electron chi connectivity index (χ2n) is 4.22. The number of halogens is 1. The Balaban J connectivity index is 2.17. The molecule has 9 heteroatoms. The van der Waals surface area contributed by atoms with E-state index >= 15 is 0 Å². The van der Waals surface area contributed by atoms with E-state index in [1.165, 1.54) is 16.8 Å². The van der Waals surface area contributed by atoms with Crippen LogP contribution in [0.4, 0.5) is 15.9 Å². The summed E-state index contributed by atoms with van der Waals surface area (Å²) >= 11 is 0. The summed E-state index contributed by atoms with van der Waals surface area (Å²) in [6, 6.07) is 3.40. The highest BCUT2D eigenvalue weighted by molar-refractivity contribution is 7.89. The van der Waals surface area contributed by atoms with Crippen molar-refractivity contribution in [3.8, 4) is 0 Å². The molecule has 20 heavy (non-hydrogen) atoms. The van der Waals surface area contributed by atoms with Gasteiger partial charge in [-0.2, -0.15) is 5.10 Å². The lowest BCUT2D eigenvalue weighted by Gasteiger charge is -2.08. The minimum absolute atomic E-state index is 0.153. The number of nitrogens with two attached hydrogens (primary N) is 2. The molecule has 1 aromatic heterocycles. The van der Waals surface area contributed by atoms with E-state index in [0.717, 1.165) is 6.07 Å². The normalized spacial score (nSPS) is 11.6. The molecule has 2 rings (SSSR count). The van der Waals surface area contributed by atoms with Crippen molar-refractivity contribution in [1.82, 2.24) is 9.78 Å². The molecule has 0 bridgehead atoms. The Labute approximate surface area is 115 Å². The van der Waals surface area contributed by atoms with Gasteiger partial charge in [-0.1, -0.05) is 0 Å². The summed E-state index contributed by atoms with van der Waals surface area (Å²) in [6.07, 6.45) is 1.57.